The molecule has 2 heterocycles. The highest BCUT2D eigenvalue weighted by Gasteiger charge is 2.23. The molecule has 1 saturated carbocycles. The van der Waals surface area contributed by atoms with Gasteiger partial charge in [0.05, 0.1) is 36.2 Å². The first-order chi connectivity index (χ1) is 14.6. The number of Topliss-reactive ketones (excluding diaryl/α,β-unsaturated/α-hetero) is 1. The number of rotatable bonds is 7. The number of nitrogens with one attached hydrogen (secondary N) is 1. The van der Waals surface area contributed by atoms with Crippen LogP contribution in [0.3, 0.4) is 0 Å². The number of thiophene rings is 1. The van der Waals surface area contributed by atoms with Crippen LogP contribution in [0, 0.1) is 0 Å². The van der Waals surface area contributed by atoms with Crippen LogP contribution in [-0.2, 0) is 6.42 Å². The quantitative estimate of drug-likeness (QED) is 0.554. The summed E-state index contributed by atoms with van der Waals surface area (Å²) in [5, 5.41) is 5.23. The molecule has 1 aliphatic carbocycles. The second kappa shape index (κ2) is 8.97. The standard InChI is InChI=1S/C22H26N4O3S/c1-28-14-8-7-13(19(10-14)29-2)9-18(27)15-12-30-20-11-24-22(26-21(15)20)25-17-6-4-3-5-16(17)23/h7-8,10-12,16-17H,3-6,9,23H2,1-2H3,(H,24,25,26)/t16-,17+/m0/s1. The number of benzene rings is 1. The van der Waals surface area contributed by atoms with Gasteiger partial charge in [0.25, 0.3) is 0 Å². The number of hydrogen-bond donors (Lipinski definition) is 2. The van der Waals surface area contributed by atoms with Gasteiger partial charge in [0.1, 0.15) is 11.5 Å². The van der Waals surface area contributed by atoms with Crippen molar-refractivity contribution in [2.75, 3.05) is 19.5 Å². The Morgan fingerprint density at radius 3 is 2.87 bits per heavy atom. The molecule has 8 heteroatoms. The van der Waals surface area contributed by atoms with Gasteiger partial charge >= 0.3 is 0 Å². The van der Waals surface area contributed by atoms with Crippen LogP contribution in [0.5, 0.6) is 11.5 Å². The molecule has 3 N–H and O–H groups in total. The molecule has 0 spiro atoms. The summed E-state index contributed by atoms with van der Waals surface area (Å²) in [4.78, 5) is 22.2. The number of carbonyl (C=O) groups is 1. The van der Waals surface area contributed by atoms with Gasteiger partial charge in [-0.05, 0) is 18.9 Å². The van der Waals surface area contributed by atoms with Crippen molar-refractivity contribution in [1.29, 1.82) is 0 Å². The van der Waals surface area contributed by atoms with Crippen molar-refractivity contribution < 1.29 is 14.3 Å². The first-order valence-corrected chi connectivity index (χ1v) is 11.0. The molecule has 2 aromatic heterocycles. The maximum absolute atomic E-state index is 13.1. The van der Waals surface area contributed by atoms with E-state index in [0.29, 0.717) is 28.5 Å². The van der Waals surface area contributed by atoms with Crippen molar-refractivity contribution in [3.05, 3.63) is 40.9 Å². The van der Waals surface area contributed by atoms with Crippen molar-refractivity contribution in [3.63, 3.8) is 0 Å². The molecular weight excluding hydrogens is 400 g/mol. The number of methoxy groups -OCH3 is 2. The molecule has 0 aliphatic heterocycles. The van der Waals surface area contributed by atoms with Crippen LogP contribution in [-0.4, -0.2) is 42.1 Å². The minimum atomic E-state index is -0.0104. The van der Waals surface area contributed by atoms with Crippen molar-refractivity contribution >= 4 is 33.3 Å². The van der Waals surface area contributed by atoms with E-state index in [-0.39, 0.29) is 24.3 Å². The number of fused-ring (bicyclic) bond motifs is 1. The highest BCUT2D eigenvalue weighted by atomic mass is 32.1. The van der Waals surface area contributed by atoms with Gasteiger partial charge in [0, 0.05) is 35.5 Å². The lowest BCUT2D eigenvalue weighted by atomic mass is 9.91. The average Bonchev–Trinajstić information content (AvgIpc) is 3.19. The third kappa shape index (κ3) is 4.24. The molecule has 0 radical (unpaired) electrons. The molecule has 1 fully saturated rings. The molecular formula is C22H26N4O3S. The fraction of sp³-hybridized carbons (Fsp3) is 0.409. The minimum Gasteiger partial charge on any atom is -0.497 e. The summed E-state index contributed by atoms with van der Waals surface area (Å²) in [5.41, 5.74) is 8.33. The van der Waals surface area contributed by atoms with Gasteiger partial charge in [-0.15, -0.1) is 11.3 Å². The lowest BCUT2D eigenvalue weighted by Gasteiger charge is -2.29. The van der Waals surface area contributed by atoms with Crippen LogP contribution in [0.15, 0.2) is 29.8 Å². The average molecular weight is 427 g/mol. The Hall–Kier alpha value is -2.71. The zero-order valence-corrected chi connectivity index (χ0v) is 18.0. The number of ether oxygens (including phenoxy) is 2. The van der Waals surface area contributed by atoms with E-state index in [1.807, 2.05) is 17.5 Å². The van der Waals surface area contributed by atoms with Crippen molar-refractivity contribution in [2.45, 2.75) is 44.2 Å². The summed E-state index contributed by atoms with van der Waals surface area (Å²) in [6, 6.07) is 5.73. The maximum Gasteiger partial charge on any atom is 0.223 e. The Bertz CT molecular complexity index is 1050. The Kier molecular flexibility index (Phi) is 6.15. The monoisotopic (exact) mass is 426 g/mol. The molecule has 0 unspecified atom stereocenters. The molecule has 1 aromatic carbocycles. The summed E-state index contributed by atoms with van der Waals surface area (Å²) in [6.07, 6.45) is 6.32. The second-order valence-corrected chi connectivity index (χ2v) is 8.44. The molecule has 7 nitrogen and oxygen atoms in total. The van der Waals surface area contributed by atoms with Gasteiger partial charge in [0.15, 0.2) is 5.78 Å². The summed E-state index contributed by atoms with van der Waals surface area (Å²) < 4.78 is 11.6. The highest BCUT2D eigenvalue weighted by Crippen LogP contribution is 2.29. The fourth-order valence-corrected chi connectivity index (χ4v) is 4.73. The van der Waals surface area contributed by atoms with Gasteiger partial charge in [-0.3, -0.25) is 4.79 Å². The maximum atomic E-state index is 13.1. The Balaban J connectivity index is 1.57. The second-order valence-electron chi connectivity index (χ2n) is 7.53. The topological polar surface area (TPSA) is 99.4 Å². The lowest BCUT2D eigenvalue weighted by molar-refractivity contribution is 0.0994. The van der Waals surface area contributed by atoms with Gasteiger partial charge < -0.3 is 20.5 Å². The van der Waals surface area contributed by atoms with Gasteiger partial charge in [-0.1, -0.05) is 18.9 Å². The zero-order chi connectivity index (χ0) is 21.1. The third-order valence-electron chi connectivity index (χ3n) is 5.59. The van der Waals surface area contributed by atoms with Crippen LogP contribution >= 0.6 is 11.3 Å². The van der Waals surface area contributed by atoms with Crippen LogP contribution in [0.2, 0.25) is 0 Å². The Morgan fingerprint density at radius 2 is 2.10 bits per heavy atom. The Morgan fingerprint density at radius 1 is 1.27 bits per heavy atom. The van der Waals surface area contributed by atoms with E-state index in [4.69, 9.17) is 15.2 Å². The normalized spacial score (nSPS) is 18.9. The van der Waals surface area contributed by atoms with E-state index in [0.717, 1.165) is 35.9 Å². The Labute approximate surface area is 179 Å². The van der Waals surface area contributed by atoms with E-state index < -0.39 is 0 Å². The van der Waals surface area contributed by atoms with Gasteiger partial charge in [0.2, 0.25) is 5.95 Å². The summed E-state index contributed by atoms with van der Waals surface area (Å²) in [6.45, 7) is 0. The highest BCUT2D eigenvalue weighted by molar-refractivity contribution is 7.17. The van der Waals surface area contributed by atoms with Gasteiger partial charge in [-0.25, -0.2) is 9.97 Å². The number of hydrogen-bond acceptors (Lipinski definition) is 8. The van der Waals surface area contributed by atoms with Crippen LogP contribution < -0.4 is 20.5 Å². The predicted octanol–water partition coefficient (Wildman–Crippen LogP) is 3.82. The zero-order valence-electron chi connectivity index (χ0n) is 17.2. The summed E-state index contributed by atoms with van der Waals surface area (Å²) in [5.74, 6) is 1.84. The molecule has 0 bridgehead atoms. The van der Waals surface area contributed by atoms with Crippen LogP contribution in [0.4, 0.5) is 5.95 Å². The number of nitrogens with zero attached hydrogens (tertiary/aromatic N) is 2. The van der Waals surface area contributed by atoms with E-state index in [9.17, 15) is 4.79 Å². The first kappa shape index (κ1) is 20.6. The molecule has 30 heavy (non-hydrogen) atoms. The molecule has 0 saturated heterocycles. The molecule has 4 rings (SSSR count). The molecule has 158 valence electrons. The number of anilines is 1. The molecule has 1 aliphatic rings. The lowest BCUT2D eigenvalue weighted by Crippen LogP contribution is -2.42. The third-order valence-corrected chi connectivity index (χ3v) is 6.50. The van der Waals surface area contributed by atoms with E-state index in [1.54, 1.807) is 26.5 Å². The van der Waals surface area contributed by atoms with E-state index in [2.05, 4.69) is 15.3 Å². The van der Waals surface area contributed by atoms with Crippen molar-refractivity contribution in [2.24, 2.45) is 5.73 Å². The van der Waals surface area contributed by atoms with Crippen molar-refractivity contribution in [1.82, 2.24) is 9.97 Å². The minimum absolute atomic E-state index is 0.0104. The van der Waals surface area contributed by atoms with Crippen LogP contribution in [0.1, 0.15) is 41.6 Å². The number of ketones is 1. The fourth-order valence-electron chi connectivity index (χ4n) is 3.87. The summed E-state index contributed by atoms with van der Waals surface area (Å²) in [7, 11) is 3.19. The van der Waals surface area contributed by atoms with Crippen LogP contribution in [0.25, 0.3) is 10.2 Å². The SMILES string of the molecule is COc1ccc(CC(=O)c2csc3cnc(N[C@@H]4CCCC[C@@H]4N)nc23)c(OC)c1. The van der Waals surface area contributed by atoms with Gasteiger partial charge in [-0.2, -0.15) is 0 Å². The largest absolute Gasteiger partial charge is 0.497 e. The number of nitrogens with two attached hydrogens (primary N) is 1. The molecule has 0 amide bonds. The number of aromatic nitrogens is 2. The van der Waals surface area contributed by atoms with E-state index >= 15 is 0 Å². The molecule has 3 aromatic rings. The summed E-state index contributed by atoms with van der Waals surface area (Å²) >= 11 is 1.47. The predicted molar refractivity (Wildman–Crippen MR) is 119 cm³/mol. The van der Waals surface area contributed by atoms with Crippen molar-refractivity contribution in [3.8, 4) is 11.5 Å². The van der Waals surface area contributed by atoms with E-state index in [1.165, 1.54) is 11.3 Å². The number of carbonyl (C=O) groups excluding carboxylic acids is 1. The molecule has 2 atom stereocenters. The smallest absolute Gasteiger partial charge is 0.223 e. The first-order valence-electron chi connectivity index (χ1n) is 10.1.